The topological polar surface area (TPSA) is 73.1 Å². The lowest BCUT2D eigenvalue weighted by molar-refractivity contribution is -0.139. The molecule has 0 fully saturated rings. The first-order valence-electron chi connectivity index (χ1n) is 11.6. The molecule has 35 heavy (non-hydrogen) atoms. The number of nitrogens with zero attached hydrogens (tertiary/aromatic N) is 3. The maximum Gasteiger partial charge on any atom is 0.338 e. The van der Waals surface area contributed by atoms with Crippen LogP contribution < -0.4 is 24.5 Å². The number of hydrogen-bond acceptors (Lipinski definition) is 8. The predicted octanol–water partition coefficient (Wildman–Crippen LogP) is 3.71. The van der Waals surface area contributed by atoms with E-state index in [0.29, 0.717) is 26.4 Å². The molecule has 184 valence electrons. The minimum Gasteiger partial charge on any atom is -0.496 e. The summed E-state index contributed by atoms with van der Waals surface area (Å²) in [6.07, 6.45) is 1.84. The van der Waals surface area contributed by atoms with Gasteiger partial charge in [0.1, 0.15) is 11.8 Å². The van der Waals surface area contributed by atoms with Crippen molar-refractivity contribution in [3.63, 3.8) is 0 Å². The number of esters is 1. The summed E-state index contributed by atoms with van der Waals surface area (Å²) < 4.78 is 13.1. The van der Waals surface area contributed by atoms with Crippen molar-refractivity contribution in [1.82, 2.24) is 4.57 Å². The van der Waals surface area contributed by atoms with Crippen molar-refractivity contribution in [2.45, 2.75) is 33.7 Å². The first-order valence-corrected chi connectivity index (χ1v) is 13.3. The number of anilines is 1. The van der Waals surface area contributed by atoms with Crippen molar-refractivity contribution < 1.29 is 14.3 Å². The second-order valence-electron chi connectivity index (χ2n) is 7.92. The molecule has 0 bridgehead atoms. The number of carbonyl (C=O) groups is 1. The molecule has 3 heterocycles. The second kappa shape index (κ2) is 10.6. The zero-order valence-corrected chi connectivity index (χ0v) is 22.2. The van der Waals surface area contributed by atoms with E-state index >= 15 is 0 Å². The molecule has 4 rings (SSSR count). The Balaban J connectivity index is 1.88. The van der Waals surface area contributed by atoms with Crippen molar-refractivity contribution in [1.29, 1.82) is 0 Å². The van der Waals surface area contributed by atoms with Gasteiger partial charge in [-0.25, -0.2) is 9.79 Å². The van der Waals surface area contributed by atoms with Gasteiger partial charge in [0.05, 0.1) is 29.5 Å². The molecule has 0 N–H and O–H groups in total. The number of fused-ring (bicyclic) bond motifs is 1. The average molecular weight is 512 g/mol. The van der Waals surface area contributed by atoms with E-state index in [4.69, 9.17) is 9.47 Å². The van der Waals surface area contributed by atoms with E-state index in [-0.39, 0.29) is 12.2 Å². The van der Waals surface area contributed by atoms with E-state index in [1.165, 1.54) is 22.7 Å². The van der Waals surface area contributed by atoms with Crippen molar-refractivity contribution in [3.8, 4) is 5.75 Å². The molecule has 0 saturated heterocycles. The summed E-state index contributed by atoms with van der Waals surface area (Å²) in [4.78, 5) is 34.9. The number of aromatic nitrogens is 1. The Labute approximate surface area is 212 Å². The molecule has 1 atom stereocenters. The van der Waals surface area contributed by atoms with Crippen molar-refractivity contribution in [2.75, 3.05) is 31.7 Å². The van der Waals surface area contributed by atoms with Crippen LogP contribution in [-0.4, -0.2) is 37.3 Å². The molecular weight excluding hydrogens is 482 g/mol. The molecule has 0 spiro atoms. The average Bonchev–Trinajstić information content (AvgIpc) is 3.48. The molecule has 0 unspecified atom stereocenters. The first-order chi connectivity index (χ1) is 16.9. The number of thiophene rings is 1. The van der Waals surface area contributed by atoms with E-state index in [1.54, 1.807) is 25.5 Å². The Bertz CT molecular complexity index is 1430. The zero-order valence-electron chi connectivity index (χ0n) is 20.5. The van der Waals surface area contributed by atoms with Crippen LogP contribution in [0.15, 0.2) is 56.8 Å². The maximum atomic E-state index is 13.7. The maximum absolute atomic E-state index is 13.7. The molecule has 3 aromatic rings. The molecule has 0 aliphatic carbocycles. The molecule has 0 amide bonds. The van der Waals surface area contributed by atoms with Crippen molar-refractivity contribution >= 4 is 40.4 Å². The van der Waals surface area contributed by atoms with Gasteiger partial charge in [-0.3, -0.25) is 9.36 Å². The highest BCUT2D eigenvalue weighted by Gasteiger charge is 2.33. The van der Waals surface area contributed by atoms with Crippen molar-refractivity contribution in [3.05, 3.63) is 77.1 Å². The standard InChI is InChI=1S/C26H29N3O4S2/c1-6-28(7-2)18-12-11-17(19(15-18)32-5)14-21-24(30)29-23(20-10-9-13-34-20)22(25(31)33-8-3)16(4)27-26(29)35-21/h9-15,23H,6-8H2,1-5H3/b21-14-/t23-/m0/s1. The van der Waals surface area contributed by atoms with Crippen LogP contribution in [0.25, 0.3) is 6.08 Å². The molecular formula is C26H29N3O4S2. The highest BCUT2D eigenvalue weighted by atomic mass is 32.1. The van der Waals surface area contributed by atoms with Gasteiger partial charge in [-0.15, -0.1) is 11.3 Å². The largest absolute Gasteiger partial charge is 0.496 e. The highest BCUT2D eigenvalue weighted by Crippen LogP contribution is 2.33. The summed E-state index contributed by atoms with van der Waals surface area (Å²) in [5.74, 6) is 0.244. The predicted molar refractivity (Wildman–Crippen MR) is 141 cm³/mol. The van der Waals surface area contributed by atoms with Crippen LogP contribution in [0.5, 0.6) is 5.75 Å². The number of carbonyl (C=O) groups excluding carboxylic acids is 1. The lowest BCUT2D eigenvalue weighted by atomic mass is 10.0. The van der Waals surface area contributed by atoms with Gasteiger partial charge in [0.2, 0.25) is 0 Å². The van der Waals surface area contributed by atoms with Crippen LogP contribution in [0.3, 0.4) is 0 Å². The van der Waals surface area contributed by atoms with Gasteiger partial charge in [0.25, 0.3) is 5.56 Å². The molecule has 7 nitrogen and oxygen atoms in total. The SMILES string of the molecule is CCOC(=O)C1=C(C)N=c2s/c(=C\c3ccc(N(CC)CC)cc3OC)c(=O)n2[C@H]1c1cccs1. The van der Waals surface area contributed by atoms with Crippen molar-refractivity contribution in [2.24, 2.45) is 4.99 Å². The van der Waals surface area contributed by atoms with Crippen LogP contribution in [0.1, 0.15) is 44.2 Å². The van der Waals surface area contributed by atoms with E-state index in [1.807, 2.05) is 41.8 Å². The van der Waals surface area contributed by atoms with Gasteiger partial charge in [-0.1, -0.05) is 17.4 Å². The molecule has 9 heteroatoms. The summed E-state index contributed by atoms with van der Waals surface area (Å²) in [5, 5.41) is 1.94. The molecule has 1 aliphatic heterocycles. The fourth-order valence-electron chi connectivity index (χ4n) is 4.25. The minimum atomic E-state index is -0.570. The summed E-state index contributed by atoms with van der Waals surface area (Å²) in [6, 6.07) is 9.27. The van der Waals surface area contributed by atoms with Crippen LogP contribution >= 0.6 is 22.7 Å². The Morgan fingerprint density at radius 1 is 1.23 bits per heavy atom. The van der Waals surface area contributed by atoms with Gasteiger partial charge in [-0.05, 0) is 57.4 Å². The lowest BCUT2D eigenvalue weighted by Gasteiger charge is -2.23. The molecule has 2 aromatic heterocycles. The fraction of sp³-hybridized carbons (Fsp3) is 0.346. The Morgan fingerprint density at radius 3 is 2.63 bits per heavy atom. The zero-order chi connectivity index (χ0) is 25.1. The Morgan fingerprint density at radius 2 is 2.00 bits per heavy atom. The number of rotatable bonds is 8. The Hall–Kier alpha value is -3.17. The van der Waals surface area contributed by atoms with Crippen LogP contribution in [-0.2, 0) is 9.53 Å². The van der Waals surface area contributed by atoms with E-state index in [9.17, 15) is 9.59 Å². The van der Waals surface area contributed by atoms with Gasteiger partial charge in [0.15, 0.2) is 4.80 Å². The number of ether oxygens (including phenoxy) is 2. The number of methoxy groups -OCH3 is 1. The summed E-state index contributed by atoms with van der Waals surface area (Å²) in [7, 11) is 1.63. The molecule has 0 saturated carbocycles. The quantitative estimate of drug-likeness (QED) is 0.431. The number of hydrogen-bond donors (Lipinski definition) is 0. The number of allylic oxidation sites excluding steroid dienone is 1. The minimum absolute atomic E-state index is 0.198. The Kier molecular flexibility index (Phi) is 7.57. The smallest absolute Gasteiger partial charge is 0.338 e. The summed E-state index contributed by atoms with van der Waals surface area (Å²) in [6.45, 7) is 9.81. The second-order valence-corrected chi connectivity index (χ2v) is 9.90. The third kappa shape index (κ3) is 4.70. The van der Waals surface area contributed by atoms with Crippen LogP contribution in [0, 0.1) is 0 Å². The monoisotopic (exact) mass is 511 g/mol. The third-order valence-corrected chi connectivity index (χ3v) is 7.87. The molecule has 0 radical (unpaired) electrons. The third-order valence-electron chi connectivity index (χ3n) is 5.96. The summed E-state index contributed by atoms with van der Waals surface area (Å²) in [5.41, 5.74) is 2.64. The number of thiazole rings is 1. The van der Waals surface area contributed by atoms with Gasteiger partial charge in [-0.2, -0.15) is 0 Å². The fourth-order valence-corrected chi connectivity index (χ4v) is 6.11. The molecule has 1 aliphatic rings. The molecule has 1 aromatic carbocycles. The highest BCUT2D eigenvalue weighted by molar-refractivity contribution is 7.10. The van der Waals surface area contributed by atoms with Crippen LogP contribution in [0.4, 0.5) is 5.69 Å². The summed E-state index contributed by atoms with van der Waals surface area (Å²) >= 11 is 2.81. The normalized spacial score (nSPS) is 15.6. The van der Waals surface area contributed by atoms with Gasteiger partial charge in [0, 0.05) is 35.3 Å². The van der Waals surface area contributed by atoms with E-state index in [0.717, 1.165) is 29.2 Å². The van der Waals surface area contributed by atoms with E-state index in [2.05, 4.69) is 23.7 Å². The lowest BCUT2D eigenvalue weighted by Crippen LogP contribution is -2.39. The van der Waals surface area contributed by atoms with Gasteiger partial charge < -0.3 is 14.4 Å². The van der Waals surface area contributed by atoms with Crippen LogP contribution in [0.2, 0.25) is 0 Å². The first kappa shape index (κ1) is 24.9. The number of benzene rings is 1. The van der Waals surface area contributed by atoms with Gasteiger partial charge >= 0.3 is 5.97 Å². The van der Waals surface area contributed by atoms with E-state index < -0.39 is 12.0 Å².